The molecule has 1 rings (SSSR count). The molecule has 18 heavy (non-hydrogen) atoms. The van der Waals surface area contributed by atoms with Crippen molar-refractivity contribution in [3.63, 3.8) is 0 Å². The molecule has 0 aromatic heterocycles. The zero-order chi connectivity index (χ0) is 13.2. The van der Waals surface area contributed by atoms with Crippen molar-refractivity contribution >= 4 is 21.6 Å². The summed E-state index contributed by atoms with van der Waals surface area (Å²) >= 11 is 3.42. The SMILES string of the molecule is COCCCOCCNc1ccc(Br)c(OC)c1. The van der Waals surface area contributed by atoms with Crippen LogP contribution in [0.25, 0.3) is 0 Å². The molecule has 0 spiro atoms. The molecule has 4 nitrogen and oxygen atoms in total. The van der Waals surface area contributed by atoms with Crippen molar-refractivity contribution in [1.29, 1.82) is 0 Å². The lowest BCUT2D eigenvalue weighted by Crippen LogP contribution is -2.10. The first kappa shape index (κ1) is 15.3. The highest BCUT2D eigenvalue weighted by atomic mass is 79.9. The van der Waals surface area contributed by atoms with E-state index in [-0.39, 0.29) is 0 Å². The fourth-order valence-electron chi connectivity index (χ4n) is 1.44. The maximum atomic E-state index is 5.45. The molecular weight excluding hydrogens is 298 g/mol. The highest BCUT2D eigenvalue weighted by Crippen LogP contribution is 2.27. The molecule has 0 amide bonds. The van der Waals surface area contributed by atoms with E-state index >= 15 is 0 Å². The highest BCUT2D eigenvalue weighted by molar-refractivity contribution is 9.10. The van der Waals surface area contributed by atoms with Gasteiger partial charge in [0.25, 0.3) is 0 Å². The van der Waals surface area contributed by atoms with E-state index in [0.29, 0.717) is 6.61 Å². The zero-order valence-corrected chi connectivity index (χ0v) is 12.5. The van der Waals surface area contributed by atoms with Gasteiger partial charge in [0.15, 0.2) is 0 Å². The second kappa shape index (κ2) is 9.19. The number of nitrogens with one attached hydrogen (secondary N) is 1. The first-order valence-corrected chi connectivity index (χ1v) is 6.71. The van der Waals surface area contributed by atoms with Gasteiger partial charge in [0.2, 0.25) is 0 Å². The van der Waals surface area contributed by atoms with E-state index in [9.17, 15) is 0 Å². The van der Waals surface area contributed by atoms with Crippen molar-refractivity contribution in [3.05, 3.63) is 22.7 Å². The Bertz CT molecular complexity index is 347. The molecule has 102 valence electrons. The average Bonchev–Trinajstić information content (AvgIpc) is 2.39. The summed E-state index contributed by atoms with van der Waals surface area (Å²) in [6.45, 7) is 2.94. The van der Waals surface area contributed by atoms with Crippen molar-refractivity contribution in [2.75, 3.05) is 45.9 Å². The van der Waals surface area contributed by atoms with Crippen LogP contribution < -0.4 is 10.1 Å². The van der Waals surface area contributed by atoms with Crippen LogP contribution >= 0.6 is 15.9 Å². The summed E-state index contributed by atoms with van der Waals surface area (Å²) in [4.78, 5) is 0. The molecule has 0 atom stereocenters. The van der Waals surface area contributed by atoms with Crippen LogP contribution in [-0.4, -0.2) is 40.6 Å². The third-order valence-corrected chi connectivity index (χ3v) is 3.02. The molecule has 1 aromatic rings. The number of halogens is 1. The van der Waals surface area contributed by atoms with Crippen LogP contribution in [0.1, 0.15) is 6.42 Å². The molecule has 0 saturated carbocycles. The molecule has 0 radical (unpaired) electrons. The highest BCUT2D eigenvalue weighted by Gasteiger charge is 2.00. The van der Waals surface area contributed by atoms with E-state index in [4.69, 9.17) is 14.2 Å². The van der Waals surface area contributed by atoms with Crippen LogP contribution in [0.15, 0.2) is 22.7 Å². The number of rotatable bonds is 9. The Hall–Kier alpha value is -0.780. The Balaban J connectivity index is 2.19. The van der Waals surface area contributed by atoms with E-state index in [1.807, 2.05) is 18.2 Å². The first-order chi connectivity index (χ1) is 8.77. The van der Waals surface area contributed by atoms with Crippen LogP contribution in [0.3, 0.4) is 0 Å². The van der Waals surface area contributed by atoms with Gasteiger partial charge in [0, 0.05) is 38.6 Å². The van der Waals surface area contributed by atoms with Gasteiger partial charge in [-0.15, -0.1) is 0 Å². The second-order valence-corrected chi connectivity index (χ2v) is 4.59. The van der Waals surface area contributed by atoms with Gasteiger partial charge in [-0.05, 0) is 34.5 Å². The molecule has 5 heteroatoms. The average molecular weight is 318 g/mol. The topological polar surface area (TPSA) is 39.7 Å². The molecule has 0 unspecified atom stereocenters. The summed E-state index contributed by atoms with van der Waals surface area (Å²) in [7, 11) is 3.35. The van der Waals surface area contributed by atoms with Crippen LogP contribution in [0.5, 0.6) is 5.75 Å². The predicted molar refractivity (Wildman–Crippen MR) is 76.5 cm³/mol. The Kier molecular flexibility index (Phi) is 7.80. The molecule has 0 fully saturated rings. The molecule has 0 aliphatic heterocycles. The molecule has 0 saturated heterocycles. The van der Waals surface area contributed by atoms with Gasteiger partial charge in [-0.1, -0.05) is 0 Å². The molecule has 0 bridgehead atoms. The summed E-state index contributed by atoms with van der Waals surface area (Å²) in [6.07, 6.45) is 0.933. The maximum absolute atomic E-state index is 5.45. The smallest absolute Gasteiger partial charge is 0.135 e. The quantitative estimate of drug-likeness (QED) is 0.711. The number of hydrogen-bond acceptors (Lipinski definition) is 4. The van der Waals surface area contributed by atoms with Crippen LogP contribution in [-0.2, 0) is 9.47 Å². The Morgan fingerprint density at radius 2 is 2.00 bits per heavy atom. The lowest BCUT2D eigenvalue weighted by atomic mass is 10.3. The molecule has 0 aliphatic rings. The van der Waals surface area contributed by atoms with Crippen LogP contribution in [0.2, 0.25) is 0 Å². The first-order valence-electron chi connectivity index (χ1n) is 5.92. The summed E-state index contributed by atoms with van der Waals surface area (Å²) in [5.41, 5.74) is 1.02. The van der Waals surface area contributed by atoms with Gasteiger partial charge in [-0.2, -0.15) is 0 Å². The van der Waals surface area contributed by atoms with E-state index in [2.05, 4.69) is 21.2 Å². The monoisotopic (exact) mass is 317 g/mol. The minimum absolute atomic E-state index is 0.683. The Morgan fingerprint density at radius 1 is 1.17 bits per heavy atom. The number of benzene rings is 1. The van der Waals surface area contributed by atoms with E-state index in [1.165, 1.54) is 0 Å². The minimum Gasteiger partial charge on any atom is -0.495 e. The molecule has 0 aliphatic carbocycles. The fraction of sp³-hybridized carbons (Fsp3) is 0.538. The molecule has 0 heterocycles. The van der Waals surface area contributed by atoms with Crippen molar-refractivity contribution in [2.24, 2.45) is 0 Å². The van der Waals surface area contributed by atoms with E-state index in [0.717, 1.165) is 42.1 Å². The summed E-state index contributed by atoms with van der Waals surface area (Å²) in [5.74, 6) is 0.820. The Labute approximate surface area is 117 Å². The van der Waals surface area contributed by atoms with Crippen molar-refractivity contribution in [3.8, 4) is 5.75 Å². The predicted octanol–water partition coefficient (Wildman–Crippen LogP) is 2.92. The van der Waals surface area contributed by atoms with Crippen molar-refractivity contribution in [1.82, 2.24) is 0 Å². The molecular formula is C13H20BrNO3. The zero-order valence-electron chi connectivity index (χ0n) is 10.9. The number of ether oxygens (including phenoxy) is 3. The van der Waals surface area contributed by atoms with E-state index < -0.39 is 0 Å². The van der Waals surface area contributed by atoms with Gasteiger partial charge in [0.1, 0.15) is 5.75 Å². The van der Waals surface area contributed by atoms with Crippen molar-refractivity contribution < 1.29 is 14.2 Å². The van der Waals surface area contributed by atoms with E-state index in [1.54, 1.807) is 14.2 Å². The normalized spacial score (nSPS) is 10.4. The van der Waals surface area contributed by atoms with Gasteiger partial charge in [0.05, 0.1) is 18.2 Å². The molecule has 1 aromatic carbocycles. The van der Waals surface area contributed by atoms with Gasteiger partial charge in [-0.25, -0.2) is 0 Å². The standard InChI is InChI=1S/C13H20BrNO3/c1-16-7-3-8-18-9-6-15-11-4-5-12(14)13(10-11)17-2/h4-5,10,15H,3,6-9H2,1-2H3. The third-order valence-electron chi connectivity index (χ3n) is 2.36. The van der Waals surface area contributed by atoms with Gasteiger partial charge >= 0.3 is 0 Å². The number of anilines is 1. The summed E-state index contributed by atoms with van der Waals surface area (Å²) in [6, 6.07) is 5.91. The Morgan fingerprint density at radius 3 is 2.72 bits per heavy atom. The van der Waals surface area contributed by atoms with Gasteiger partial charge in [-0.3, -0.25) is 0 Å². The second-order valence-electron chi connectivity index (χ2n) is 3.73. The minimum atomic E-state index is 0.683. The summed E-state index contributed by atoms with van der Waals surface area (Å²) in [5, 5.41) is 3.28. The maximum Gasteiger partial charge on any atom is 0.135 e. The van der Waals surface area contributed by atoms with Gasteiger partial charge < -0.3 is 19.5 Å². The van der Waals surface area contributed by atoms with Crippen LogP contribution in [0.4, 0.5) is 5.69 Å². The summed E-state index contributed by atoms with van der Waals surface area (Å²) < 4.78 is 16.6. The largest absolute Gasteiger partial charge is 0.495 e. The number of methoxy groups -OCH3 is 2. The number of hydrogen-bond donors (Lipinski definition) is 1. The molecule has 1 N–H and O–H groups in total. The lowest BCUT2D eigenvalue weighted by Gasteiger charge is -2.09. The van der Waals surface area contributed by atoms with Crippen molar-refractivity contribution in [2.45, 2.75) is 6.42 Å². The fourth-order valence-corrected chi connectivity index (χ4v) is 1.85. The van der Waals surface area contributed by atoms with Crippen LogP contribution in [0, 0.1) is 0 Å². The third kappa shape index (κ3) is 5.71. The lowest BCUT2D eigenvalue weighted by molar-refractivity contribution is 0.109.